The third-order valence-electron chi connectivity index (χ3n) is 2.62. The molecule has 3 nitrogen and oxygen atoms in total. The molecule has 0 bridgehead atoms. The lowest BCUT2D eigenvalue weighted by Gasteiger charge is -2.29. The van der Waals surface area contributed by atoms with Gasteiger partial charge in [-0.15, -0.1) is 12.4 Å². The highest BCUT2D eigenvalue weighted by molar-refractivity contribution is 5.85. The molecule has 0 atom stereocenters. The van der Waals surface area contributed by atoms with Gasteiger partial charge in [0, 0.05) is 26.2 Å². The number of halogens is 2. The van der Waals surface area contributed by atoms with Crippen LogP contribution >= 0.6 is 12.4 Å². The van der Waals surface area contributed by atoms with E-state index in [0.717, 1.165) is 26.2 Å². The van der Waals surface area contributed by atoms with E-state index in [9.17, 15) is 4.39 Å². The molecule has 0 unspecified atom stereocenters. The predicted molar refractivity (Wildman–Crippen MR) is 65.3 cm³/mol. The molecule has 0 spiro atoms. The molecular weight excluding hydrogens is 231 g/mol. The maximum atomic E-state index is 13.9. The molecule has 0 aromatic heterocycles. The monoisotopic (exact) mass is 246 g/mol. The lowest BCUT2D eigenvalue weighted by atomic mass is 10.2. The maximum absolute atomic E-state index is 13.9. The van der Waals surface area contributed by atoms with E-state index in [0.29, 0.717) is 11.4 Å². The summed E-state index contributed by atoms with van der Waals surface area (Å²) < 4.78 is 18.8. The van der Waals surface area contributed by atoms with Crippen LogP contribution in [0.4, 0.5) is 10.1 Å². The van der Waals surface area contributed by atoms with Crippen LogP contribution in [-0.2, 0) is 0 Å². The van der Waals surface area contributed by atoms with E-state index in [2.05, 4.69) is 5.32 Å². The van der Waals surface area contributed by atoms with Gasteiger partial charge in [-0.05, 0) is 12.1 Å². The summed E-state index contributed by atoms with van der Waals surface area (Å²) in [7, 11) is 1.49. The Labute approximate surface area is 101 Å². The Morgan fingerprint density at radius 3 is 2.62 bits per heavy atom. The first-order chi connectivity index (χ1) is 7.33. The average molecular weight is 247 g/mol. The summed E-state index contributed by atoms with van der Waals surface area (Å²) in [6.07, 6.45) is 0. The lowest BCUT2D eigenvalue weighted by molar-refractivity contribution is 0.386. The van der Waals surface area contributed by atoms with Crippen LogP contribution in [0, 0.1) is 5.82 Å². The van der Waals surface area contributed by atoms with Gasteiger partial charge in [-0.1, -0.05) is 6.07 Å². The number of piperazine rings is 1. The summed E-state index contributed by atoms with van der Waals surface area (Å²) in [5.41, 5.74) is 0.635. The van der Waals surface area contributed by atoms with Gasteiger partial charge in [0.25, 0.3) is 0 Å². The SMILES string of the molecule is COc1cccc(N2CCNCC2)c1F.Cl. The fraction of sp³-hybridized carbons (Fsp3) is 0.455. The number of methoxy groups -OCH3 is 1. The molecule has 2 rings (SSSR count). The van der Waals surface area contributed by atoms with Crippen LogP contribution in [0.25, 0.3) is 0 Å². The van der Waals surface area contributed by atoms with Crippen LogP contribution < -0.4 is 15.0 Å². The second-order valence-corrected chi connectivity index (χ2v) is 3.53. The summed E-state index contributed by atoms with van der Waals surface area (Å²) in [4.78, 5) is 2.04. The van der Waals surface area contributed by atoms with E-state index in [1.807, 2.05) is 11.0 Å². The fourth-order valence-corrected chi connectivity index (χ4v) is 1.81. The van der Waals surface area contributed by atoms with Crippen molar-refractivity contribution in [2.45, 2.75) is 0 Å². The number of hydrogen-bond acceptors (Lipinski definition) is 3. The number of nitrogens with zero attached hydrogens (tertiary/aromatic N) is 1. The number of rotatable bonds is 2. The summed E-state index contributed by atoms with van der Waals surface area (Å²) in [6, 6.07) is 5.25. The van der Waals surface area contributed by atoms with Crippen molar-refractivity contribution in [3.63, 3.8) is 0 Å². The van der Waals surface area contributed by atoms with Crippen molar-refractivity contribution in [3.05, 3.63) is 24.0 Å². The van der Waals surface area contributed by atoms with Crippen molar-refractivity contribution < 1.29 is 9.13 Å². The molecule has 1 aliphatic heterocycles. The normalized spacial score (nSPS) is 15.5. The van der Waals surface area contributed by atoms with Gasteiger partial charge in [-0.25, -0.2) is 4.39 Å². The van der Waals surface area contributed by atoms with Gasteiger partial charge in [0.05, 0.1) is 12.8 Å². The highest BCUT2D eigenvalue weighted by Crippen LogP contribution is 2.27. The van der Waals surface area contributed by atoms with E-state index in [-0.39, 0.29) is 18.2 Å². The van der Waals surface area contributed by atoms with Gasteiger partial charge in [-0.3, -0.25) is 0 Å². The van der Waals surface area contributed by atoms with Crippen molar-refractivity contribution in [3.8, 4) is 5.75 Å². The molecule has 1 heterocycles. The largest absolute Gasteiger partial charge is 0.494 e. The molecule has 1 saturated heterocycles. The summed E-state index contributed by atoms with van der Waals surface area (Å²) in [5.74, 6) is 0.0490. The Hall–Kier alpha value is -1.00. The zero-order valence-electron chi connectivity index (χ0n) is 9.20. The zero-order valence-corrected chi connectivity index (χ0v) is 10.0. The van der Waals surface area contributed by atoms with E-state index in [1.165, 1.54) is 7.11 Å². The van der Waals surface area contributed by atoms with Gasteiger partial charge < -0.3 is 15.0 Å². The second-order valence-electron chi connectivity index (χ2n) is 3.53. The van der Waals surface area contributed by atoms with Gasteiger partial charge >= 0.3 is 0 Å². The van der Waals surface area contributed by atoms with Crippen molar-refractivity contribution in [2.75, 3.05) is 38.2 Å². The fourth-order valence-electron chi connectivity index (χ4n) is 1.81. The molecular formula is C11H16ClFN2O. The van der Waals surface area contributed by atoms with Crippen LogP contribution in [0.15, 0.2) is 18.2 Å². The quantitative estimate of drug-likeness (QED) is 0.859. The topological polar surface area (TPSA) is 24.5 Å². The molecule has 5 heteroatoms. The van der Waals surface area contributed by atoms with Crippen LogP contribution in [0.3, 0.4) is 0 Å². The van der Waals surface area contributed by atoms with Gasteiger partial charge in [0.2, 0.25) is 0 Å². The number of hydrogen-bond donors (Lipinski definition) is 1. The molecule has 16 heavy (non-hydrogen) atoms. The molecule has 1 aromatic rings. The van der Waals surface area contributed by atoms with Crippen LogP contribution in [-0.4, -0.2) is 33.3 Å². The first-order valence-electron chi connectivity index (χ1n) is 5.11. The Bertz CT molecular complexity index is 343. The lowest BCUT2D eigenvalue weighted by Crippen LogP contribution is -2.43. The van der Waals surface area contributed by atoms with Crippen molar-refractivity contribution in [1.29, 1.82) is 0 Å². The van der Waals surface area contributed by atoms with E-state index >= 15 is 0 Å². The van der Waals surface area contributed by atoms with E-state index in [1.54, 1.807) is 12.1 Å². The molecule has 90 valence electrons. The highest BCUT2D eigenvalue weighted by Gasteiger charge is 2.16. The molecule has 1 aliphatic rings. The van der Waals surface area contributed by atoms with Gasteiger partial charge in [0.1, 0.15) is 0 Å². The van der Waals surface area contributed by atoms with Crippen LogP contribution in [0.5, 0.6) is 5.75 Å². The van der Waals surface area contributed by atoms with Gasteiger partial charge in [0.15, 0.2) is 11.6 Å². The molecule has 1 N–H and O–H groups in total. The first kappa shape index (κ1) is 13.1. The van der Waals surface area contributed by atoms with Crippen LogP contribution in [0.2, 0.25) is 0 Å². The second kappa shape index (κ2) is 5.92. The summed E-state index contributed by atoms with van der Waals surface area (Å²) >= 11 is 0. The Morgan fingerprint density at radius 2 is 2.00 bits per heavy atom. The number of benzene rings is 1. The van der Waals surface area contributed by atoms with Gasteiger partial charge in [-0.2, -0.15) is 0 Å². The minimum absolute atomic E-state index is 0. The number of ether oxygens (including phenoxy) is 1. The highest BCUT2D eigenvalue weighted by atomic mass is 35.5. The van der Waals surface area contributed by atoms with E-state index < -0.39 is 0 Å². The van der Waals surface area contributed by atoms with E-state index in [4.69, 9.17) is 4.74 Å². The molecule has 0 amide bonds. The van der Waals surface area contributed by atoms with Crippen molar-refractivity contribution in [2.24, 2.45) is 0 Å². The predicted octanol–water partition coefficient (Wildman–Crippen LogP) is 1.67. The number of anilines is 1. The third kappa shape index (κ3) is 2.57. The van der Waals surface area contributed by atoms with Crippen molar-refractivity contribution in [1.82, 2.24) is 5.32 Å². The maximum Gasteiger partial charge on any atom is 0.188 e. The summed E-state index contributed by atoms with van der Waals surface area (Å²) in [5, 5.41) is 3.24. The molecule has 0 radical (unpaired) electrons. The molecule has 1 fully saturated rings. The van der Waals surface area contributed by atoms with Crippen LogP contribution in [0.1, 0.15) is 0 Å². The summed E-state index contributed by atoms with van der Waals surface area (Å²) in [6.45, 7) is 3.47. The Balaban J connectivity index is 0.00000128. The molecule has 0 aliphatic carbocycles. The first-order valence-corrected chi connectivity index (χ1v) is 5.11. The minimum Gasteiger partial charge on any atom is -0.494 e. The smallest absolute Gasteiger partial charge is 0.188 e. The third-order valence-corrected chi connectivity index (χ3v) is 2.62. The van der Waals surface area contributed by atoms with Crippen molar-refractivity contribution >= 4 is 18.1 Å². The molecule has 1 aromatic carbocycles. The zero-order chi connectivity index (χ0) is 10.7. The Kier molecular flexibility index (Phi) is 4.83. The minimum atomic E-state index is -0.262. The molecule has 0 saturated carbocycles. The Morgan fingerprint density at radius 1 is 1.31 bits per heavy atom. The average Bonchev–Trinajstić information content (AvgIpc) is 2.30. The number of nitrogens with one attached hydrogen (secondary N) is 1. The standard InChI is InChI=1S/C11H15FN2O.ClH/c1-15-10-4-2-3-9(11(10)12)14-7-5-13-6-8-14;/h2-4,13H,5-8H2,1H3;1H.